The molecule has 0 amide bonds. The summed E-state index contributed by atoms with van der Waals surface area (Å²) >= 11 is 0.688. The van der Waals surface area contributed by atoms with E-state index in [0.717, 1.165) is 30.7 Å². The molecule has 4 aromatic rings. The smallest absolute Gasteiger partial charge is 0.329 e. The molecule has 5 rings (SSSR count). The van der Waals surface area contributed by atoms with Crippen LogP contribution in [0.15, 0.2) is 101 Å². The monoisotopic (exact) mass is 646 g/mol. The summed E-state index contributed by atoms with van der Waals surface area (Å²) in [7, 11) is 3.03. The quantitative estimate of drug-likeness (QED) is 0.188. The van der Waals surface area contributed by atoms with Crippen LogP contribution in [-0.2, 0) is 15.0 Å². The van der Waals surface area contributed by atoms with Crippen LogP contribution in [0, 0.1) is 0 Å². The van der Waals surface area contributed by atoms with Gasteiger partial charge in [-0.25, -0.2) is 4.79 Å². The van der Waals surface area contributed by atoms with Gasteiger partial charge in [-0.15, -0.1) is 11.8 Å². The van der Waals surface area contributed by atoms with Crippen LogP contribution in [0.3, 0.4) is 0 Å². The van der Waals surface area contributed by atoms with Gasteiger partial charge in [0.05, 0.1) is 31.0 Å². The van der Waals surface area contributed by atoms with Crippen LogP contribution in [0.5, 0.6) is 11.5 Å². The lowest BCUT2D eigenvalue weighted by Crippen LogP contribution is -2.69. The zero-order valence-electron chi connectivity index (χ0n) is 25.5. The van der Waals surface area contributed by atoms with Crippen molar-refractivity contribution in [2.24, 2.45) is 0 Å². The van der Waals surface area contributed by atoms with Gasteiger partial charge in [0.25, 0.3) is 5.56 Å². The van der Waals surface area contributed by atoms with E-state index in [1.807, 2.05) is 0 Å². The minimum absolute atomic E-state index is 0.527. The van der Waals surface area contributed by atoms with Crippen LogP contribution in [0.4, 0.5) is 0 Å². The predicted octanol–water partition coefficient (Wildman–Crippen LogP) is 2.20. The SMILES string of the molecule is COc1ccc(C(c2ccccc2)(c2ccc(OC)cc2)C(O)[C@@H]2S[C@H](n3ccc(=O)[nH]c3=O)[C@@](O)(C(C)=O)[C@@]2(O)C(C)=O)cc1. The Morgan fingerprint density at radius 2 is 1.28 bits per heavy atom. The summed E-state index contributed by atoms with van der Waals surface area (Å²) in [5.41, 5.74) is -7.47. The number of aliphatic hydroxyl groups excluding tert-OH is 1. The van der Waals surface area contributed by atoms with E-state index in [0.29, 0.717) is 40.0 Å². The molecule has 3 aromatic carbocycles. The molecule has 1 fully saturated rings. The van der Waals surface area contributed by atoms with Gasteiger partial charge in [-0.1, -0.05) is 54.6 Å². The van der Waals surface area contributed by atoms with Gasteiger partial charge >= 0.3 is 5.69 Å². The fraction of sp³-hybridized carbons (Fsp3) is 0.294. The van der Waals surface area contributed by atoms with Gasteiger partial charge in [0.1, 0.15) is 16.9 Å². The Labute approximate surface area is 268 Å². The number of ether oxygens (including phenoxy) is 2. The first-order chi connectivity index (χ1) is 21.9. The number of nitrogens with zero attached hydrogens (tertiary/aromatic N) is 1. The number of nitrogens with one attached hydrogen (secondary N) is 1. The van der Waals surface area contributed by atoms with Crippen molar-refractivity contribution in [3.63, 3.8) is 0 Å². The van der Waals surface area contributed by atoms with E-state index in [4.69, 9.17) is 9.47 Å². The molecule has 1 saturated heterocycles. The number of Topliss-reactive ketones (excluding diaryl/α,β-unsaturated/α-hetero) is 2. The second-order valence-electron chi connectivity index (χ2n) is 11.1. The third-order valence-corrected chi connectivity index (χ3v) is 10.6. The predicted molar refractivity (Wildman–Crippen MR) is 171 cm³/mol. The third-order valence-electron chi connectivity index (χ3n) is 8.85. The van der Waals surface area contributed by atoms with E-state index in [1.165, 1.54) is 14.2 Å². The molecule has 1 unspecified atom stereocenters. The molecule has 11 nitrogen and oxygen atoms in total. The summed E-state index contributed by atoms with van der Waals surface area (Å²) in [6.07, 6.45) is -0.677. The van der Waals surface area contributed by atoms with E-state index in [9.17, 15) is 34.5 Å². The van der Waals surface area contributed by atoms with Crippen molar-refractivity contribution >= 4 is 23.3 Å². The Bertz CT molecular complexity index is 1810. The van der Waals surface area contributed by atoms with Crippen molar-refractivity contribution in [2.45, 2.75) is 47.2 Å². The van der Waals surface area contributed by atoms with Crippen LogP contribution in [0.2, 0.25) is 0 Å². The maximum absolute atomic E-state index is 13.6. The summed E-state index contributed by atoms with van der Waals surface area (Å²) in [6, 6.07) is 23.7. The van der Waals surface area contributed by atoms with Crippen LogP contribution < -0.4 is 20.7 Å². The van der Waals surface area contributed by atoms with Crippen LogP contribution in [0.1, 0.15) is 35.9 Å². The molecule has 4 N–H and O–H groups in total. The summed E-state index contributed by atoms with van der Waals surface area (Å²) in [4.78, 5) is 53.9. The van der Waals surface area contributed by atoms with Gasteiger partial charge in [0.2, 0.25) is 0 Å². The first-order valence-electron chi connectivity index (χ1n) is 14.3. The minimum atomic E-state index is -2.91. The molecule has 1 aliphatic heterocycles. The number of aromatic amines is 1. The Morgan fingerprint density at radius 3 is 1.72 bits per heavy atom. The number of methoxy groups -OCH3 is 2. The highest BCUT2D eigenvalue weighted by Gasteiger charge is 2.74. The van der Waals surface area contributed by atoms with E-state index in [1.54, 1.807) is 78.9 Å². The fourth-order valence-electron chi connectivity index (χ4n) is 6.48. The topological polar surface area (TPSA) is 168 Å². The fourth-order valence-corrected chi connectivity index (χ4v) is 8.49. The maximum atomic E-state index is 13.6. The molecule has 0 radical (unpaired) electrons. The standard InChI is InChI=1S/C34H34N2O9S/c1-20(37)33(42)29(46-30(34(33,43)21(2)38)36-19-18-27(39)35-31(36)41)28(40)32(22-8-6-5-7-9-22,23-10-14-25(44-3)15-11-23)24-12-16-26(45-4)17-13-24/h5-19,28-30,40,42-43H,1-4H3,(H,35,39,41)/t28?,29-,30-,33+,34-/m0/s1. The number of benzene rings is 3. The van der Waals surface area contributed by atoms with Crippen molar-refractivity contribution < 1.29 is 34.4 Å². The number of hydrogen-bond donors (Lipinski definition) is 4. The second-order valence-corrected chi connectivity index (χ2v) is 12.4. The Balaban J connectivity index is 1.86. The Morgan fingerprint density at radius 1 is 0.804 bits per heavy atom. The van der Waals surface area contributed by atoms with Crippen molar-refractivity contribution in [1.29, 1.82) is 0 Å². The molecular formula is C34H34N2O9S. The van der Waals surface area contributed by atoms with Gasteiger partial charge in [0.15, 0.2) is 22.8 Å². The van der Waals surface area contributed by atoms with E-state index < -0.39 is 56.2 Å². The Kier molecular flexibility index (Phi) is 8.84. The second kappa shape index (κ2) is 12.4. The zero-order chi connectivity index (χ0) is 33.4. The average Bonchev–Trinajstić information content (AvgIpc) is 3.31. The lowest BCUT2D eigenvalue weighted by molar-refractivity contribution is -0.184. The van der Waals surface area contributed by atoms with Crippen LogP contribution in [-0.4, -0.2) is 73.2 Å². The number of rotatable bonds is 10. The van der Waals surface area contributed by atoms with Gasteiger partial charge in [-0.2, -0.15) is 0 Å². The maximum Gasteiger partial charge on any atom is 0.329 e. The lowest BCUT2D eigenvalue weighted by Gasteiger charge is -2.46. The molecule has 46 heavy (non-hydrogen) atoms. The molecule has 0 aliphatic carbocycles. The first-order valence-corrected chi connectivity index (χ1v) is 15.3. The number of aromatic nitrogens is 2. The van der Waals surface area contributed by atoms with E-state index in [2.05, 4.69) is 4.98 Å². The first kappa shape index (κ1) is 32.9. The number of hydrogen-bond acceptors (Lipinski definition) is 10. The average molecular weight is 647 g/mol. The minimum Gasteiger partial charge on any atom is -0.497 e. The molecule has 5 atom stereocenters. The van der Waals surface area contributed by atoms with Gasteiger partial charge in [0, 0.05) is 12.3 Å². The van der Waals surface area contributed by atoms with Crippen molar-refractivity contribution in [3.8, 4) is 11.5 Å². The summed E-state index contributed by atoms with van der Waals surface area (Å²) in [6.45, 7) is 2.00. The van der Waals surface area contributed by atoms with Crippen LogP contribution >= 0.6 is 11.8 Å². The number of thioether (sulfide) groups is 1. The van der Waals surface area contributed by atoms with Crippen LogP contribution in [0.25, 0.3) is 0 Å². The van der Waals surface area contributed by atoms with Crippen molar-refractivity contribution in [2.75, 3.05) is 14.2 Å². The van der Waals surface area contributed by atoms with Crippen molar-refractivity contribution in [3.05, 3.63) is 129 Å². The number of ketones is 2. The summed E-state index contributed by atoms with van der Waals surface area (Å²) in [5.74, 6) is -0.953. The molecule has 12 heteroatoms. The highest BCUT2D eigenvalue weighted by Crippen LogP contribution is 2.59. The largest absolute Gasteiger partial charge is 0.497 e. The van der Waals surface area contributed by atoms with Gasteiger partial charge in [-0.3, -0.25) is 23.9 Å². The molecule has 2 heterocycles. The number of carbonyl (C=O) groups excluding carboxylic acids is 2. The van der Waals surface area contributed by atoms with Gasteiger partial charge in [-0.05, 0) is 54.8 Å². The highest BCUT2D eigenvalue weighted by molar-refractivity contribution is 8.00. The van der Waals surface area contributed by atoms with E-state index >= 15 is 0 Å². The molecule has 0 bridgehead atoms. The normalized spacial score (nSPS) is 23.5. The molecule has 240 valence electrons. The third kappa shape index (κ3) is 4.89. The lowest BCUT2D eigenvalue weighted by atomic mass is 9.61. The molecule has 0 saturated carbocycles. The molecule has 1 aromatic heterocycles. The zero-order valence-corrected chi connectivity index (χ0v) is 26.4. The molecular weight excluding hydrogens is 612 g/mol. The number of H-pyrrole nitrogens is 1. The highest BCUT2D eigenvalue weighted by atomic mass is 32.2. The molecule has 0 spiro atoms. The molecule has 1 aliphatic rings. The summed E-state index contributed by atoms with van der Waals surface area (Å²) < 4.78 is 11.7. The summed E-state index contributed by atoms with van der Waals surface area (Å²) in [5, 5.41) is 34.2. The van der Waals surface area contributed by atoms with Crippen molar-refractivity contribution in [1.82, 2.24) is 9.55 Å². The van der Waals surface area contributed by atoms with E-state index in [-0.39, 0.29) is 0 Å². The number of carbonyl (C=O) groups is 2. The number of aliphatic hydroxyl groups is 3. The van der Waals surface area contributed by atoms with Gasteiger partial charge < -0.3 is 24.8 Å². The Hall–Kier alpha value is -4.49.